The van der Waals surface area contributed by atoms with E-state index in [2.05, 4.69) is 21.4 Å². The number of likely N-dealkylation sites (N-methyl/N-ethyl adjacent to an activating group) is 1. The lowest BCUT2D eigenvalue weighted by atomic mass is 10.1. The lowest BCUT2D eigenvalue weighted by Crippen LogP contribution is -2.23. The molecule has 0 saturated heterocycles. The number of nitrogens with one attached hydrogen (secondary N) is 1. The van der Waals surface area contributed by atoms with Crippen molar-refractivity contribution >= 4 is 39.8 Å². The second kappa shape index (κ2) is 10.4. The number of rotatable bonds is 8. The van der Waals surface area contributed by atoms with Crippen molar-refractivity contribution in [3.63, 3.8) is 0 Å². The van der Waals surface area contributed by atoms with Crippen molar-refractivity contribution in [2.45, 2.75) is 6.42 Å². The minimum absolute atomic E-state index is 0.147. The van der Waals surface area contributed by atoms with E-state index >= 15 is 0 Å². The molecule has 0 aliphatic carbocycles. The van der Waals surface area contributed by atoms with Gasteiger partial charge in [-0.15, -0.1) is 0 Å². The van der Waals surface area contributed by atoms with Crippen LogP contribution in [0, 0.1) is 6.07 Å². The predicted octanol–water partition coefficient (Wildman–Crippen LogP) is 5.01. The summed E-state index contributed by atoms with van der Waals surface area (Å²) in [5, 5.41) is 5.37. The number of ether oxygens (including phenoxy) is 1. The summed E-state index contributed by atoms with van der Waals surface area (Å²) in [7, 11) is 3.56. The number of fused-ring (bicyclic) bond motifs is 1. The molecule has 4 rings (SSSR count). The quantitative estimate of drug-likeness (QED) is 0.375. The number of halogens is 1. The van der Waals surface area contributed by atoms with E-state index < -0.39 is 0 Å². The summed E-state index contributed by atoms with van der Waals surface area (Å²) in [5.74, 6) is 1.08. The van der Waals surface area contributed by atoms with Gasteiger partial charge in [-0.1, -0.05) is 54.1 Å². The Labute approximate surface area is 198 Å². The first-order valence-corrected chi connectivity index (χ1v) is 10.9. The molecule has 0 fully saturated rings. The summed E-state index contributed by atoms with van der Waals surface area (Å²) in [6, 6.07) is 24.2. The molecular weight excluding hydrogens is 436 g/mol. The molecule has 167 valence electrons. The van der Waals surface area contributed by atoms with Gasteiger partial charge < -0.3 is 15.0 Å². The van der Waals surface area contributed by atoms with Gasteiger partial charge in [-0.25, -0.2) is 9.97 Å². The molecular formula is C26H24ClN4O2. The Morgan fingerprint density at radius 2 is 1.82 bits per heavy atom. The van der Waals surface area contributed by atoms with Gasteiger partial charge in [-0.05, 0) is 40.6 Å². The summed E-state index contributed by atoms with van der Waals surface area (Å²) >= 11 is 6.16. The third-order valence-electron chi connectivity index (χ3n) is 5.26. The summed E-state index contributed by atoms with van der Waals surface area (Å²) in [4.78, 5) is 23.5. The molecule has 4 aromatic rings. The highest BCUT2D eigenvalue weighted by Gasteiger charge is 2.10. The zero-order valence-corrected chi connectivity index (χ0v) is 19.3. The van der Waals surface area contributed by atoms with Crippen LogP contribution in [0.4, 0.5) is 11.5 Å². The number of aromatic nitrogens is 2. The summed E-state index contributed by atoms with van der Waals surface area (Å²) in [6.07, 6.45) is 0.512. The first-order valence-electron chi connectivity index (χ1n) is 10.6. The van der Waals surface area contributed by atoms with Gasteiger partial charge in [0.2, 0.25) is 0 Å². The molecule has 0 unspecified atom stereocenters. The topological polar surface area (TPSA) is 67.3 Å². The Balaban J connectivity index is 1.43. The van der Waals surface area contributed by atoms with Gasteiger partial charge in [0.1, 0.15) is 16.8 Å². The van der Waals surface area contributed by atoms with Crippen molar-refractivity contribution in [3.8, 4) is 0 Å². The van der Waals surface area contributed by atoms with Crippen molar-refractivity contribution in [1.82, 2.24) is 9.97 Å². The molecule has 0 bridgehead atoms. The van der Waals surface area contributed by atoms with Crippen LogP contribution in [0.3, 0.4) is 0 Å². The molecule has 0 aliphatic rings. The molecule has 0 saturated carbocycles. The van der Waals surface area contributed by atoms with Crippen LogP contribution < -0.4 is 10.2 Å². The number of amides is 1. The fourth-order valence-corrected chi connectivity index (χ4v) is 3.61. The predicted molar refractivity (Wildman–Crippen MR) is 132 cm³/mol. The summed E-state index contributed by atoms with van der Waals surface area (Å²) in [6.45, 7) is 1.25. The zero-order chi connectivity index (χ0) is 23.2. The van der Waals surface area contributed by atoms with Crippen LogP contribution >= 0.6 is 11.6 Å². The number of hydrogen-bond acceptors (Lipinski definition) is 5. The maximum Gasteiger partial charge on any atom is 0.255 e. The van der Waals surface area contributed by atoms with E-state index in [4.69, 9.17) is 16.3 Å². The summed E-state index contributed by atoms with van der Waals surface area (Å²) < 4.78 is 5.11. The van der Waals surface area contributed by atoms with Gasteiger partial charge in [0.15, 0.2) is 0 Å². The van der Waals surface area contributed by atoms with Crippen LogP contribution in [0.15, 0.2) is 66.7 Å². The van der Waals surface area contributed by atoms with Gasteiger partial charge in [-0.2, -0.15) is 0 Å². The second-order valence-electron chi connectivity index (χ2n) is 7.68. The largest absolute Gasteiger partial charge is 0.383 e. The van der Waals surface area contributed by atoms with Crippen LogP contribution in [0.5, 0.6) is 0 Å². The first-order chi connectivity index (χ1) is 16.0. The normalized spacial score (nSPS) is 10.9. The number of carbonyl (C=O) groups excluding carboxylic acids is 1. The molecule has 1 aromatic heterocycles. The fourth-order valence-electron chi connectivity index (χ4n) is 3.43. The Morgan fingerprint density at radius 3 is 2.58 bits per heavy atom. The Hall–Kier alpha value is -3.48. The van der Waals surface area contributed by atoms with Crippen LogP contribution in [-0.2, 0) is 11.2 Å². The fraction of sp³-hybridized carbons (Fsp3) is 0.192. The van der Waals surface area contributed by atoms with Crippen LogP contribution in [0.1, 0.15) is 21.7 Å². The van der Waals surface area contributed by atoms with Crippen LogP contribution in [0.25, 0.3) is 10.8 Å². The molecule has 1 amide bonds. The molecule has 3 aromatic carbocycles. The Morgan fingerprint density at radius 1 is 1.06 bits per heavy atom. The van der Waals surface area contributed by atoms with Crippen molar-refractivity contribution in [2.24, 2.45) is 0 Å². The number of carbonyl (C=O) groups is 1. The number of benzene rings is 3. The van der Waals surface area contributed by atoms with E-state index in [1.807, 2.05) is 78.7 Å². The molecule has 0 aliphatic heterocycles. The SMILES string of the molecule is COCCN(C)c1[c]c(Cl)nc(Cc2ccc(NC(=O)c3ccc4ccccc4c3)cc2)n1. The maximum absolute atomic E-state index is 12.7. The highest BCUT2D eigenvalue weighted by atomic mass is 35.5. The maximum atomic E-state index is 12.7. The summed E-state index contributed by atoms with van der Waals surface area (Å²) in [5.41, 5.74) is 2.34. The van der Waals surface area contributed by atoms with Gasteiger partial charge in [0.05, 0.1) is 12.7 Å². The molecule has 33 heavy (non-hydrogen) atoms. The minimum Gasteiger partial charge on any atom is -0.383 e. The third kappa shape index (κ3) is 5.86. The molecule has 0 atom stereocenters. The molecule has 0 spiro atoms. The number of hydrogen-bond donors (Lipinski definition) is 1. The monoisotopic (exact) mass is 459 g/mol. The average Bonchev–Trinajstić information content (AvgIpc) is 2.83. The molecule has 1 heterocycles. The van der Waals surface area contributed by atoms with E-state index in [1.54, 1.807) is 7.11 Å². The van der Waals surface area contributed by atoms with Crippen molar-refractivity contribution in [2.75, 3.05) is 37.5 Å². The molecule has 1 radical (unpaired) electrons. The van der Waals surface area contributed by atoms with Crippen molar-refractivity contribution in [1.29, 1.82) is 0 Å². The zero-order valence-electron chi connectivity index (χ0n) is 18.5. The number of nitrogens with zero attached hydrogens (tertiary/aromatic N) is 3. The number of anilines is 2. The van der Waals surface area contributed by atoms with E-state index in [-0.39, 0.29) is 11.1 Å². The number of methoxy groups -OCH3 is 1. The minimum atomic E-state index is -0.147. The van der Waals surface area contributed by atoms with Gasteiger partial charge in [0.25, 0.3) is 5.91 Å². The van der Waals surface area contributed by atoms with Crippen molar-refractivity contribution in [3.05, 3.63) is 94.9 Å². The highest BCUT2D eigenvalue weighted by molar-refractivity contribution is 6.29. The lowest BCUT2D eigenvalue weighted by molar-refractivity contribution is 0.102. The highest BCUT2D eigenvalue weighted by Crippen LogP contribution is 2.19. The lowest BCUT2D eigenvalue weighted by Gasteiger charge is -2.18. The molecule has 7 heteroatoms. The van der Waals surface area contributed by atoms with E-state index in [1.165, 1.54) is 0 Å². The molecule has 1 N–H and O–H groups in total. The third-order valence-corrected chi connectivity index (χ3v) is 5.43. The van der Waals surface area contributed by atoms with E-state index in [0.717, 1.165) is 22.0 Å². The smallest absolute Gasteiger partial charge is 0.255 e. The van der Waals surface area contributed by atoms with Gasteiger partial charge in [-0.3, -0.25) is 4.79 Å². The Kier molecular flexibility index (Phi) is 7.17. The first kappa shape index (κ1) is 22.7. The molecule has 6 nitrogen and oxygen atoms in total. The van der Waals surface area contributed by atoms with E-state index in [9.17, 15) is 4.79 Å². The van der Waals surface area contributed by atoms with Gasteiger partial charge in [0, 0.05) is 38.4 Å². The van der Waals surface area contributed by atoms with Crippen LogP contribution in [0.2, 0.25) is 5.15 Å². The van der Waals surface area contributed by atoms with Crippen LogP contribution in [-0.4, -0.2) is 43.2 Å². The second-order valence-corrected chi connectivity index (χ2v) is 8.04. The standard InChI is InChI=1S/C26H24ClN4O2/c1-31(13-14-33-2)25-17-23(27)29-24(30-25)15-18-7-11-22(12-8-18)28-26(32)21-10-9-19-5-3-4-6-20(19)16-21/h3-12,16H,13-15H2,1-2H3,(H,28,32). The Bertz CT molecular complexity index is 1260. The van der Waals surface area contributed by atoms with E-state index in [0.29, 0.717) is 36.8 Å². The average molecular weight is 460 g/mol. The van der Waals surface area contributed by atoms with Crippen molar-refractivity contribution < 1.29 is 9.53 Å². The van der Waals surface area contributed by atoms with Gasteiger partial charge >= 0.3 is 0 Å².